The normalized spacial score (nSPS) is 28.8. The van der Waals surface area contributed by atoms with Gasteiger partial charge in [-0.3, -0.25) is 4.99 Å². The molecule has 7 unspecified atom stereocenters. The van der Waals surface area contributed by atoms with E-state index in [9.17, 15) is 0 Å². The van der Waals surface area contributed by atoms with E-state index in [1.807, 2.05) is 0 Å². The van der Waals surface area contributed by atoms with Gasteiger partial charge in [0, 0.05) is 29.2 Å². The van der Waals surface area contributed by atoms with E-state index in [0.717, 1.165) is 37.1 Å². The molecule has 0 fully saturated rings. The second-order valence-corrected chi connectivity index (χ2v) is 16.8. The summed E-state index contributed by atoms with van der Waals surface area (Å²) in [6, 6.07) is 29.3. The number of nitrogens with one attached hydrogen (secondary N) is 1. The van der Waals surface area contributed by atoms with Crippen LogP contribution in [0.4, 0.5) is 0 Å². The van der Waals surface area contributed by atoms with E-state index in [1.165, 1.54) is 61.3 Å². The molecule has 0 aromatic heterocycles. The SMILES string of the molecule is C1=CC2=CC=CC(c3cc(C4=CC5=C(C=CCC5)CC4)cc(C4N=C(C5C=C6C=CC=CC6C6C=CC=CC56)C(c5ccccc5)=C(c5ccccc5)N4)c3)C2C=C1. The van der Waals surface area contributed by atoms with Crippen LogP contribution in [0.1, 0.15) is 65.6 Å². The van der Waals surface area contributed by atoms with Crippen LogP contribution in [-0.2, 0) is 0 Å². The first-order chi connectivity index (χ1) is 28.7. The lowest BCUT2D eigenvalue weighted by Gasteiger charge is -2.42. The molecule has 1 aliphatic heterocycles. The summed E-state index contributed by atoms with van der Waals surface area (Å²) in [4.78, 5) is 5.97. The van der Waals surface area contributed by atoms with E-state index in [0.29, 0.717) is 17.8 Å². The maximum absolute atomic E-state index is 5.97. The minimum Gasteiger partial charge on any atom is -0.359 e. The average Bonchev–Trinajstić information content (AvgIpc) is 3.31. The largest absolute Gasteiger partial charge is 0.359 e. The van der Waals surface area contributed by atoms with Gasteiger partial charge in [0.1, 0.15) is 6.17 Å². The molecule has 0 saturated heterocycles. The zero-order chi connectivity index (χ0) is 38.4. The number of hydrogen-bond acceptors (Lipinski definition) is 2. The van der Waals surface area contributed by atoms with Gasteiger partial charge in [0.05, 0.1) is 11.4 Å². The zero-order valence-electron chi connectivity index (χ0n) is 32.8. The maximum Gasteiger partial charge on any atom is 0.145 e. The van der Waals surface area contributed by atoms with Gasteiger partial charge in [-0.25, -0.2) is 0 Å². The van der Waals surface area contributed by atoms with Gasteiger partial charge in [0.2, 0.25) is 0 Å². The van der Waals surface area contributed by atoms with E-state index in [4.69, 9.17) is 4.99 Å². The summed E-state index contributed by atoms with van der Waals surface area (Å²) in [7, 11) is 0. The molecule has 282 valence electrons. The van der Waals surface area contributed by atoms with Crippen molar-refractivity contribution in [1.82, 2.24) is 5.32 Å². The van der Waals surface area contributed by atoms with Crippen LogP contribution < -0.4 is 5.32 Å². The van der Waals surface area contributed by atoms with Crippen LogP contribution in [0.25, 0.3) is 16.8 Å². The summed E-state index contributed by atoms with van der Waals surface area (Å²) in [5.74, 6) is 1.65. The molecule has 58 heavy (non-hydrogen) atoms. The summed E-state index contributed by atoms with van der Waals surface area (Å²) in [6.45, 7) is 0. The third-order valence-corrected chi connectivity index (χ3v) is 13.5. The Hall–Kier alpha value is -6.25. The quantitative estimate of drug-likeness (QED) is 0.267. The smallest absolute Gasteiger partial charge is 0.145 e. The van der Waals surface area contributed by atoms with Gasteiger partial charge in [0.25, 0.3) is 0 Å². The highest BCUT2D eigenvalue weighted by atomic mass is 15.1. The Morgan fingerprint density at radius 1 is 0.534 bits per heavy atom. The standard InChI is InChI=1S/C56H48N2/c1-3-18-39(19-4-1)53-54(40-20-5-2-6-21-40)57-56(58-55(53)52-36-43-23-10-12-26-48(43)50-27-13-14-28-51(50)52)46-34-44(42-31-30-37-16-7-8-22-41(37)32-42)33-45(35-46)49-29-15-24-38-17-9-11-25-47(38)49/h1-7,9-21,23-29,32-36,47-52,56-57H,8,22,30-31H2. The molecule has 1 heterocycles. The maximum atomic E-state index is 5.97. The van der Waals surface area contributed by atoms with E-state index in [2.05, 4.69) is 200 Å². The van der Waals surface area contributed by atoms with Crippen LogP contribution in [0, 0.1) is 29.6 Å². The van der Waals surface area contributed by atoms with Crippen molar-refractivity contribution in [3.05, 3.63) is 244 Å². The van der Waals surface area contributed by atoms with Crippen LogP contribution in [0.5, 0.6) is 0 Å². The Kier molecular flexibility index (Phi) is 8.99. The molecule has 1 N–H and O–H groups in total. The number of allylic oxidation sites excluding steroid dienone is 25. The lowest BCUT2D eigenvalue weighted by molar-refractivity contribution is 0.350. The molecule has 3 aromatic rings. The van der Waals surface area contributed by atoms with Crippen molar-refractivity contribution in [3.8, 4) is 0 Å². The monoisotopic (exact) mass is 748 g/mol. The highest BCUT2D eigenvalue weighted by Gasteiger charge is 2.42. The first kappa shape index (κ1) is 35.0. The number of rotatable bonds is 6. The highest BCUT2D eigenvalue weighted by Crippen LogP contribution is 2.49. The van der Waals surface area contributed by atoms with Gasteiger partial charge in [-0.05, 0) is 99.3 Å². The second kappa shape index (κ2) is 14.9. The summed E-state index contributed by atoms with van der Waals surface area (Å²) >= 11 is 0. The van der Waals surface area contributed by atoms with Crippen molar-refractivity contribution in [2.24, 2.45) is 34.6 Å². The van der Waals surface area contributed by atoms with Crippen molar-refractivity contribution in [1.29, 1.82) is 0 Å². The fraction of sp³-hybridized carbons (Fsp3) is 0.196. The average molecular weight is 749 g/mol. The first-order valence-electron chi connectivity index (χ1n) is 21.3. The van der Waals surface area contributed by atoms with Gasteiger partial charge >= 0.3 is 0 Å². The Bertz CT molecular complexity index is 2600. The van der Waals surface area contributed by atoms with Crippen molar-refractivity contribution < 1.29 is 0 Å². The second-order valence-electron chi connectivity index (χ2n) is 16.8. The zero-order valence-corrected chi connectivity index (χ0v) is 32.8. The molecular formula is C56H48N2. The summed E-state index contributed by atoms with van der Waals surface area (Å²) in [6.07, 6.45) is 48.4. The van der Waals surface area contributed by atoms with Crippen LogP contribution in [-0.4, -0.2) is 5.71 Å². The Morgan fingerprint density at radius 2 is 1.24 bits per heavy atom. The molecule has 7 aliphatic carbocycles. The van der Waals surface area contributed by atoms with Crippen LogP contribution in [0.2, 0.25) is 0 Å². The fourth-order valence-corrected chi connectivity index (χ4v) is 10.7. The number of hydrogen-bond donors (Lipinski definition) is 1. The lowest BCUT2D eigenvalue weighted by atomic mass is 9.62. The van der Waals surface area contributed by atoms with Crippen molar-refractivity contribution >= 4 is 22.6 Å². The highest BCUT2D eigenvalue weighted by molar-refractivity contribution is 6.32. The van der Waals surface area contributed by atoms with E-state index in [1.54, 1.807) is 0 Å². The van der Waals surface area contributed by atoms with Crippen molar-refractivity contribution in [2.45, 2.75) is 37.8 Å². The van der Waals surface area contributed by atoms with Crippen molar-refractivity contribution in [3.63, 3.8) is 0 Å². The number of benzene rings is 3. The predicted molar refractivity (Wildman–Crippen MR) is 242 cm³/mol. The van der Waals surface area contributed by atoms with Crippen LogP contribution in [0.15, 0.2) is 222 Å². The minimum atomic E-state index is -0.281. The summed E-state index contributed by atoms with van der Waals surface area (Å²) in [5, 5.41) is 4.12. The van der Waals surface area contributed by atoms with E-state index < -0.39 is 0 Å². The Morgan fingerprint density at radius 3 is 2.07 bits per heavy atom. The fourth-order valence-electron chi connectivity index (χ4n) is 10.7. The molecular weight excluding hydrogens is 701 g/mol. The molecule has 0 spiro atoms. The molecule has 3 aromatic carbocycles. The van der Waals surface area contributed by atoms with E-state index >= 15 is 0 Å². The molecule has 8 aliphatic rings. The molecule has 0 saturated carbocycles. The number of fused-ring (bicyclic) bond motifs is 4. The number of nitrogens with zero attached hydrogens (tertiary/aromatic N) is 1. The third kappa shape index (κ3) is 6.32. The van der Waals surface area contributed by atoms with Gasteiger partial charge in [0.15, 0.2) is 0 Å². The third-order valence-electron chi connectivity index (χ3n) is 13.5. The lowest BCUT2D eigenvalue weighted by Crippen LogP contribution is -2.39. The van der Waals surface area contributed by atoms with Gasteiger partial charge < -0.3 is 5.32 Å². The molecule has 7 atom stereocenters. The Labute approximate surface area is 343 Å². The summed E-state index contributed by atoms with van der Waals surface area (Å²) < 4.78 is 0. The van der Waals surface area contributed by atoms with Crippen LogP contribution >= 0.6 is 0 Å². The van der Waals surface area contributed by atoms with Gasteiger partial charge in [-0.15, -0.1) is 0 Å². The molecule has 0 amide bonds. The molecule has 11 rings (SSSR count). The number of aliphatic imine (C=N–C) groups is 1. The molecule has 2 nitrogen and oxygen atoms in total. The molecule has 2 heteroatoms. The molecule has 0 bridgehead atoms. The van der Waals surface area contributed by atoms with Crippen molar-refractivity contribution in [2.75, 3.05) is 0 Å². The first-order valence-corrected chi connectivity index (χ1v) is 21.3. The Balaban J connectivity index is 1.12. The predicted octanol–water partition coefficient (Wildman–Crippen LogP) is 13.1. The molecule has 0 radical (unpaired) electrons. The minimum absolute atomic E-state index is 0.0914. The van der Waals surface area contributed by atoms with Gasteiger partial charge in [-0.1, -0.05) is 188 Å². The van der Waals surface area contributed by atoms with Gasteiger partial charge in [-0.2, -0.15) is 0 Å². The topological polar surface area (TPSA) is 24.4 Å². The van der Waals surface area contributed by atoms with E-state index in [-0.39, 0.29) is 23.9 Å². The van der Waals surface area contributed by atoms with Crippen LogP contribution in [0.3, 0.4) is 0 Å². The summed E-state index contributed by atoms with van der Waals surface area (Å²) in [5.41, 5.74) is 17.0.